The lowest BCUT2D eigenvalue weighted by atomic mass is 10.1. The number of aromatic hydroxyl groups is 1. The molecule has 1 saturated heterocycles. The molecule has 7 nitrogen and oxygen atoms in total. The summed E-state index contributed by atoms with van der Waals surface area (Å²) in [5, 5.41) is 13.8. The van der Waals surface area contributed by atoms with E-state index < -0.39 is 5.60 Å². The van der Waals surface area contributed by atoms with E-state index in [-0.39, 0.29) is 17.9 Å². The third kappa shape index (κ3) is 4.29. The molecule has 1 fully saturated rings. The lowest BCUT2D eigenvalue weighted by molar-refractivity contribution is 0.0185. The van der Waals surface area contributed by atoms with Crippen LogP contribution in [0, 0.1) is 0 Å². The zero-order valence-corrected chi connectivity index (χ0v) is 14.8. The fourth-order valence-corrected chi connectivity index (χ4v) is 2.87. The van der Waals surface area contributed by atoms with Crippen molar-refractivity contribution in [2.24, 2.45) is 0 Å². The number of nitrogens with zero attached hydrogens (tertiary/aromatic N) is 4. The number of likely N-dealkylation sites (tertiary alicyclic amines) is 1. The zero-order chi connectivity index (χ0) is 18.0. The highest BCUT2D eigenvalue weighted by Crippen LogP contribution is 2.26. The van der Waals surface area contributed by atoms with Crippen molar-refractivity contribution in [3.63, 3.8) is 0 Å². The van der Waals surface area contributed by atoms with Gasteiger partial charge in [0.05, 0.1) is 24.1 Å². The van der Waals surface area contributed by atoms with Gasteiger partial charge >= 0.3 is 6.09 Å². The van der Waals surface area contributed by atoms with E-state index in [9.17, 15) is 9.90 Å². The summed E-state index contributed by atoms with van der Waals surface area (Å²) in [6.07, 6.45) is 6.59. The Labute approximate surface area is 147 Å². The predicted octanol–water partition coefficient (Wildman–Crippen LogP) is 3.22. The third-order valence-electron chi connectivity index (χ3n) is 4.14. The number of carbonyl (C=O) groups is 1. The molecule has 0 spiro atoms. The van der Waals surface area contributed by atoms with Crippen LogP contribution in [-0.2, 0) is 4.74 Å². The summed E-state index contributed by atoms with van der Waals surface area (Å²) in [6.45, 7) is 6.94. The molecule has 0 aromatic carbocycles. The van der Waals surface area contributed by atoms with Crippen molar-refractivity contribution < 1.29 is 14.6 Å². The SMILES string of the molecule is CC(C)(C)OC(=O)N1CCC(n2cc(-c3ccc(O)cn3)cn2)CC1. The Morgan fingerprint density at radius 2 is 1.96 bits per heavy atom. The molecule has 0 unspecified atom stereocenters. The number of pyridine rings is 1. The third-order valence-corrected chi connectivity index (χ3v) is 4.14. The molecule has 1 aliphatic rings. The molecule has 0 bridgehead atoms. The molecular weight excluding hydrogens is 320 g/mol. The van der Waals surface area contributed by atoms with Crippen molar-refractivity contribution in [2.45, 2.75) is 45.3 Å². The standard InChI is InChI=1S/C18H24N4O3/c1-18(2,3)25-17(24)21-8-6-14(7-9-21)22-12-13(10-20-22)16-5-4-15(23)11-19-16/h4-5,10-12,14,23H,6-9H2,1-3H3. The maximum absolute atomic E-state index is 12.1. The maximum atomic E-state index is 12.1. The van der Waals surface area contributed by atoms with Gasteiger partial charge < -0.3 is 14.7 Å². The Morgan fingerprint density at radius 3 is 2.56 bits per heavy atom. The van der Waals surface area contributed by atoms with Crippen LogP contribution in [0.3, 0.4) is 0 Å². The van der Waals surface area contributed by atoms with E-state index >= 15 is 0 Å². The first-order valence-corrected chi connectivity index (χ1v) is 8.49. The molecule has 0 aliphatic carbocycles. The van der Waals surface area contributed by atoms with Gasteiger partial charge in [-0.3, -0.25) is 9.67 Å². The summed E-state index contributed by atoms with van der Waals surface area (Å²) in [5.41, 5.74) is 1.21. The minimum atomic E-state index is -0.470. The molecule has 2 aromatic rings. The molecule has 1 aliphatic heterocycles. The number of carbonyl (C=O) groups excluding carboxylic acids is 1. The first-order chi connectivity index (χ1) is 11.8. The molecule has 3 heterocycles. The minimum Gasteiger partial charge on any atom is -0.506 e. The summed E-state index contributed by atoms with van der Waals surface area (Å²) >= 11 is 0. The fourth-order valence-electron chi connectivity index (χ4n) is 2.87. The van der Waals surface area contributed by atoms with Crippen LogP contribution in [0.5, 0.6) is 5.75 Å². The van der Waals surface area contributed by atoms with Gasteiger partial charge in [-0.15, -0.1) is 0 Å². The molecule has 0 radical (unpaired) electrons. The molecule has 0 atom stereocenters. The van der Waals surface area contributed by atoms with E-state index in [4.69, 9.17) is 4.74 Å². The molecule has 7 heteroatoms. The van der Waals surface area contributed by atoms with Crippen LogP contribution < -0.4 is 0 Å². The molecule has 0 saturated carbocycles. The van der Waals surface area contributed by atoms with E-state index in [1.807, 2.05) is 31.6 Å². The highest BCUT2D eigenvalue weighted by Gasteiger charge is 2.27. The lowest BCUT2D eigenvalue weighted by Gasteiger charge is -2.33. The summed E-state index contributed by atoms with van der Waals surface area (Å²) in [4.78, 5) is 18.1. The van der Waals surface area contributed by atoms with Crippen LogP contribution in [0.2, 0.25) is 0 Å². The normalized spacial score (nSPS) is 16.0. The second-order valence-corrected chi connectivity index (χ2v) is 7.31. The van der Waals surface area contributed by atoms with Crippen molar-refractivity contribution in [2.75, 3.05) is 13.1 Å². The quantitative estimate of drug-likeness (QED) is 0.905. The molecule has 134 valence electrons. The number of ether oxygens (including phenoxy) is 1. The summed E-state index contributed by atoms with van der Waals surface area (Å²) in [6, 6.07) is 3.63. The van der Waals surface area contributed by atoms with E-state index in [1.165, 1.54) is 6.20 Å². The molecule has 1 amide bonds. The van der Waals surface area contributed by atoms with Gasteiger partial charge in [0.1, 0.15) is 11.4 Å². The second-order valence-electron chi connectivity index (χ2n) is 7.31. The van der Waals surface area contributed by atoms with Crippen LogP contribution >= 0.6 is 0 Å². The molecular formula is C18H24N4O3. The molecule has 25 heavy (non-hydrogen) atoms. The maximum Gasteiger partial charge on any atom is 0.410 e. The van der Waals surface area contributed by atoms with Crippen molar-refractivity contribution >= 4 is 6.09 Å². The molecule has 1 N–H and O–H groups in total. The molecule has 3 rings (SSSR count). The first-order valence-electron chi connectivity index (χ1n) is 8.49. The van der Waals surface area contributed by atoms with E-state index in [2.05, 4.69) is 10.1 Å². The van der Waals surface area contributed by atoms with Gasteiger partial charge in [0, 0.05) is 24.8 Å². The Morgan fingerprint density at radius 1 is 1.24 bits per heavy atom. The van der Waals surface area contributed by atoms with Gasteiger partial charge in [0.15, 0.2) is 0 Å². The Bertz CT molecular complexity index is 726. The smallest absolute Gasteiger partial charge is 0.410 e. The lowest BCUT2D eigenvalue weighted by Crippen LogP contribution is -2.42. The topological polar surface area (TPSA) is 80.5 Å². The first kappa shape index (κ1) is 17.3. The van der Waals surface area contributed by atoms with Gasteiger partial charge in [0.25, 0.3) is 0 Å². The van der Waals surface area contributed by atoms with E-state index in [1.54, 1.807) is 23.2 Å². The van der Waals surface area contributed by atoms with Gasteiger partial charge in [-0.2, -0.15) is 5.10 Å². The minimum absolute atomic E-state index is 0.144. The monoisotopic (exact) mass is 344 g/mol. The average Bonchev–Trinajstić information content (AvgIpc) is 3.04. The molecule has 2 aromatic heterocycles. The van der Waals surface area contributed by atoms with E-state index in [0.29, 0.717) is 13.1 Å². The van der Waals surface area contributed by atoms with Crippen LogP contribution in [0.15, 0.2) is 30.7 Å². The number of piperidine rings is 1. The van der Waals surface area contributed by atoms with Crippen LogP contribution in [0.4, 0.5) is 4.79 Å². The fraction of sp³-hybridized carbons (Fsp3) is 0.500. The van der Waals surface area contributed by atoms with Gasteiger partial charge in [-0.25, -0.2) is 4.79 Å². The van der Waals surface area contributed by atoms with Crippen molar-refractivity contribution in [1.82, 2.24) is 19.7 Å². The predicted molar refractivity (Wildman–Crippen MR) is 93.2 cm³/mol. The number of hydrogen-bond acceptors (Lipinski definition) is 5. The number of hydrogen-bond donors (Lipinski definition) is 1. The van der Waals surface area contributed by atoms with E-state index in [0.717, 1.165) is 24.1 Å². The number of amides is 1. The largest absolute Gasteiger partial charge is 0.506 e. The number of aromatic nitrogens is 3. The Hall–Kier alpha value is -2.57. The highest BCUT2D eigenvalue weighted by atomic mass is 16.6. The highest BCUT2D eigenvalue weighted by molar-refractivity contribution is 5.68. The zero-order valence-electron chi connectivity index (χ0n) is 14.8. The summed E-state index contributed by atoms with van der Waals surface area (Å²) in [5.74, 6) is 0.144. The van der Waals surface area contributed by atoms with Crippen molar-refractivity contribution in [1.29, 1.82) is 0 Å². The van der Waals surface area contributed by atoms with Gasteiger partial charge in [0.2, 0.25) is 0 Å². The average molecular weight is 344 g/mol. The van der Waals surface area contributed by atoms with Gasteiger partial charge in [-0.1, -0.05) is 0 Å². The summed E-state index contributed by atoms with van der Waals surface area (Å²) in [7, 11) is 0. The Balaban J connectivity index is 1.60. The Kier molecular flexibility index (Phi) is 4.65. The van der Waals surface area contributed by atoms with Crippen LogP contribution in [0.1, 0.15) is 39.7 Å². The van der Waals surface area contributed by atoms with Crippen LogP contribution in [-0.4, -0.2) is 49.6 Å². The number of rotatable bonds is 2. The van der Waals surface area contributed by atoms with Crippen molar-refractivity contribution in [3.8, 4) is 17.0 Å². The summed E-state index contributed by atoms with van der Waals surface area (Å²) < 4.78 is 7.37. The van der Waals surface area contributed by atoms with Gasteiger partial charge in [-0.05, 0) is 45.7 Å². The van der Waals surface area contributed by atoms with Crippen LogP contribution in [0.25, 0.3) is 11.3 Å². The second kappa shape index (κ2) is 6.74. The van der Waals surface area contributed by atoms with Crippen molar-refractivity contribution in [3.05, 3.63) is 30.7 Å².